The lowest BCUT2D eigenvalue weighted by Crippen LogP contribution is -2.34. The maximum absolute atomic E-state index is 11.8. The standard InChI is InChI=1S/C13H13N3O3/c1-10(17)11-8-14-16(9-11)19-13(18)15(2)12-6-4-3-5-7-12/h3-9H,1-2H3. The van der Waals surface area contributed by atoms with E-state index in [0.717, 1.165) is 4.85 Å². The summed E-state index contributed by atoms with van der Waals surface area (Å²) in [4.78, 5) is 30.3. The van der Waals surface area contributed by atoms with Crippen molar-refractivity contribution in [3.05, 3.63) is 48.3 Å². The Balaban J connectivity index is 2.06. The van der Waals surface area contributed by atoms with E-state index in [4.69, 9.17) is 4.84 Å². The number of amides is 1. The van der Waals surface area contributed by atoms with Crippen LogP contribution < -0.4 is 9.74 Å². The second kappa shape index (κ2) is 5.34. The summed E-state index contributed by atoms with van der Waals surface area (Å²) >= 11 is 0. The third-order valence-corrected chi connectivity index (χ3v) is 2.56. The average Bonchev–Trinajstić information content (AvgIpc) is 2.87. The number of carbonyl (C=O) groups is 2. The van der Waals surface area contributed by atoms with Crippen LogP contribution in [0.2, 0.25) is 0 Å². The van der Waals surface area contributed by atoms with Gasteiger partial charge in [-0.1, -0.05) is 23.0 Å². The van der Waals surface area contributed by atoms with Gasteiger partial charge in [-0.05, 0) is 19.1 Å². The van der Waals surface area contributed by atoms with Gasteiger partial charge >= 0.3 is 6.09 Å². The maximum Gasteiger partial charge on any atom is 0.440 e. The van der Waals surface area contributed by atoms with Gasteiger partial charge in [-0.25, -0.2) is 4.79 Å². The van der Waals surface area contributed by atoms with Gasteiger partial charge in [0.05, 0.1) is 18.0 Å². The Morgan fingerprint density at radius 1 is 1.26 bits per heavy atom. The number of carbonyl (C=O) groups excluding carboxylic acids is 2. The summed E-state index contributed by atoms with van der Waals surface area (Å²) in [5.41, 5.74) is 1.08. The number of benzene rings is 1. The highest BCUT2D eigenvalue weighted by atomic mass is 16.7. The topological polar surface area (TPSA) is 64.4 Å². The van der Waals surface area contributed by atoms with Crippen molar-refractivity contribution in [3.63, 3.8) is 0 Å². The second-order valence-electron chi connectivity index (χ2n) is 3.94. The molecule has 0 aliphatic heterocycles. The molecule has 0 saturated heterocycles. The lowest BCUT2D eigenvalue weighted by atomic mass is 10.3. The summed E-state index contributed by atoms with van der Waals surface area (Å²) in [6.45, 7) is 1.42. The van der Waals surface area contributed by atoms with Crippen molar-refractivity contribution in [1.82, 2.24) is 9.94 Å². The van der Waals surface area contributed by atoms with Crippen LogP contribution in [0.1, 0.15) is 17.3 Å². The van der Waals surface area contributed by atoms with Crippen LogP contribution in [-0.2, 0) is 0 Å². The number of aromatic nitrogens is 2. The van der Waals surface area contributed by atoms with Crippen molar-refractivity contribution < 1.29 is 14.4 Å². The molecule has 98 valence electrons. The minimum atomic E-state index is -0.593. The maximum atomic E-state index is 11.8. The van der Waals surface area contributed by atoms with Crippen LogP contribution in [0.15, 0.2) is 42.7 Å². The van der Waals surface area contributed by atoms with Gasteiger partial charge in [-0.2, -0.15) is 0 Å². The molecular formula is C13H13N3O3. The number of Topliss-reactive ketones (excluding diaryl/α,β-unsaturated/α-hetero) is 1. The quantitative estimate of drug-likeness (QED) is 0.788. The van der Waals surface area contributed by atoms with Gasteiger partial charge in [-0.3, -0.25) is 14.5 Å². The first-order chi connectivity index (χ1) is 9.08. The highest BCUT2D eigenvalue weighted by Crippen LogP contribution is 2.11. The number of ketones is 1. The molecule has 1 amide bonds. The van der Waals surface area contributed by atoms with E-state index in [-0.39, 0.29) is 5.78 Å². The van der Waals surface area contributed by atoms with Gasteiger partial charge in [0.2, 0.25) is 0 Å². The number of rotatable bonds is 3. The lowest BCUT2D eigenvalue weighted by molar-refractivity contribution is 0.101. The molecule has 0 saturated carbocycles. The summed E-state index contributed by atoms with van der Waals surface area (Å²) in [5, 5.41) is 3.78. The molecule has 6 heteroatoms. The van der Waals surface area contributed by atoms with Crippen LogP contribution >= 0.6 is 0 Å². The van der Waals surface area contributed by atoms with Crippen LogP contribution in [0.25, 0.3) is 0 Å². The number of hydrogen-bond donors (Lipinski definition) is 0. The minimum absolute atomic E-state index is 0.140. The first kappa shape index (κ1) is 12.8. The molecule has 1 aromatic carbocycles. The van der Waals surface area contributed by atoms with Crippen molar-refractivity contribution in [2.24, 2.45) is 0 Å². The molecule has 0 spiro atoms. The summed E-state index contributed by atoms with van der Waals surface area (Å²) in [6.07, 6.45) is 2.11. The molecule has 0 bridgehead atoms. The third kappa shape index (κ3) is 2.98. The molecule has 0 N–H and O–H groups in total. The smallest absolute Gasteiger partial charge is 0.299 e. The summed E-state index contributed by atoms with van der Waals surface area (Å²) in [5.74, 6) is -0.140. The lowest BCUT2D eigenvalue weighted by Gasteiger charge is -2.15. The molecule has 19 heavy (non-hydrogen) atoms. The number of nitrogens with zero attached hydrogens (tertiary/aromatic N) is 3. The van der Waals surface area contributed by atoms with E-state index >= 15 is 0 Å². The van der Waals surface area contributed by atoms with E-state index < -0.39 is 6.09 Å². The molecule has 0 aliphatic carbocycles. The zero-order chi connectivity index (χ0) is 13.8. The van der Waals surface area contributed by atoms with Crippen LogP contribution in [0.5, 0.6) is 0 Å². The van der Waals surface area contributed by atoms with Gasteiger partial charge in [0.1, 0.15) is 0 Å². The number of anilines is 1. The summed E-state index contributed by atoms with van der Waals surface area (Å²) in [6, 6.07) is 9.06. The zero-order valence-electron chi connectivity index (χ0n) is 10.6. The first-order valence-electron chi connectivity index (χ1n) is 5.64. The Morgan fingerprint density at radius 2 is 1.95 bits per heavy atom. The molecule has 1 aromatic heterocycles. The molecule has 0 radical (unpaired) electrons. The number of hydrogen-bond acceptors (Lipinski definition) is 4. The van der Waals surface area contributed by atoms with Crippen molar-refractivity contribution in [1.29, 1.82) is 0 Å². The van der Waals surface area contributed by atoms with Gasteiger partial charge in [-0.15, -0.1) is 5.10 Å². The Kier molecular flexibility index (Phi) is 3.61. The van der Waals surface area contributed by atoms with Gasteiger partial charge < -0.3 is 0 Å². The highest BCUT2D eigenvalue weighted by Gasteiger charge is 2.14. The molecule has 0 aliphatic rings. The Morgan fingerprint density at radius 3 is 2.53 bits per heavy atom. The average molecular weight is 259 g/mol. The van der Waals surface area contributed by atoms with Gasteiger partial charge in [0.25, 0.3) is 0 Å². The van der Waals surface area contributed by atoms with E-state index in [9.17, 15) is 9.59 Å². The van der Waals surface area contributed by atoms with Crippen LogP contribution in [0, 0.1) is 0 Å². The minimum Gasteiger partial charge on any atom is -0.299 e. The zero-order valence-corrected chi connectivity index (χ0v) is 10.6. The monoisotopic (exact) mass is 259 g/mol. The Labute approximate surface area is 110 Å². The second-order valence-corrected chi connectivity index (χ2v) is 3.94. The fourth-order valence-electron chi connectivity index (χ4n) is 1.43. The predicted octanol–water partition coefficient (Wildman–Crippen LogP) is 1.77. The summed E-state index contributed by atoms with van der Waals surface area (Å²) in [7, 11) is 1.59. The molecule has 0 unspecified atom stereocenters. The van der Waals surface area contributed by atoms with Crippen molar-refractivity contribution >= 4 is 17.6 Å². The highest BCUT2D eigenvalue weighted by molar-refractivity contribution is 5.93. The molecule has 1 heterocycles. The van der Waals surface area contributed by atoms with Gasteiger partial charge in [0, 0.05) is 12.7 Å². The van der Waals surface area contributed by atoms with E-state index in [1.54, 1.807) is 19.2 Å². The van der Waals surface area contributed by atoms with E-state index in [1.165, 1.54) is 24.2 Å². The van der Waals surface area contributed by atoms with E-state index in [0.29, 0.717) is 11.3 Å². The van der Waals surface area contributed by atoms with Gasteiger partial charge in [0.15, 0.2) is 5.78 Å². The van der Waals surface area contributed by atoms with Crippen molar-refractivity contribution in [3.8, 4) is 0 Å². The molecule has 0 atom stereocenters. The van der Waals surface area contributed by atoms with Crippen molar-refractivity contribution in [2.75, 3.05) is 11.9 Å². The number of para-hydroxylation sites is 1. The first-order valence-corrected chi connectivity index (χ1v) is 5.64. The van der Waals surface area contributed by atoms with Crippen molar-refractivity contribution in [2.45, 2.75) is 6.92 Å². The van der Waals surface area contributed by atoms with Crippen LogP contribution in [0.4, 0.5) is 10.5 Å². The van der Waals surface area contributed by atoms with Crippen LogP contribution in [0.3, 0.4) is 0 Å². The van der Waals surface area contributed by atoms with E-state index in [1.807, 2.05) is 18.2 Å². The summed E-state index contributed by atoms with van der Waals surface area (Å²) < 4.78 is 0. The Bertz CT molecular complexity index is 592. The Hall–Kier alpha value is -2.63. The SMILES string of the molecule is CC(=O)c1cnn(OC(=O)N(C)c2ccccc2)c1. The molecule has 2 rings (SSSR count). The molecule has 6 nitrogen and oxygen atoms in total. The molecular weight excluding hydrogens is 246 g/mol. The van der Waals surface area contributed by atoms with Crippen LogP contribution in [-0.4, -0.2) is 28.9 Å². The fraction of sp³-hybridized carbons (Fsp3) is 0.154. The predicted molar refractivity (Wildman–Crippen MR) is 69.1 cm³/mol. The third-order valence-electron chi connectivity index (χ3n) is 2.56. The fourth-order valence-corrected chi connectivity index (χ4v) is 1.43. The normalized spacial score (nSPS) is 10.0. The molecule has 0 fully saturated rings. The van der Waals surface area contributed by atoms with E-state index in [2.05, 4.69) is 5.10 Å². The molecule has 2 aromatic rings. The largest absolute Gasteiger partial charge is 0.440 e.